The maximum atomic E-state index is 9.92. The summed E-state index contributed by atoms with van der Waals surface area (Å²) in [5.41, 5.74) is 2.16. The van der Waals surface area contributed by atoms with Crippen molar-refractivity contribution in [2.45, 2.75) is 37.2 Å². The van der Waals surface area contributed by atoms with E-state index in [0.29, 0.717) is 5.92 Å². The van der Waals surface area contributed by atoms with Crippen molar-refractivity contribution in [3.8, 4) is 0 Å². The Morgan fingerprint density at radius 1 is 1.41 bits per heavy atom. The third-order valence-electron chi connectivity index (χ3n) is 3.79. The average Bonchev–Trinajstić information content (AvgIpc) is 2.81. The van der Waals surface area contributed by atoms with E-state index in [4.69, 9.17) is 4.74 Å². The summed E-state index contributed by atoms with van der Waals surface area (Å²) in [7, 11) is 0. The molecular formula is C14H17BrO2. The minimum absolute atomic E-state index is 0.405. The molecule has 92 valence electrons. The zero-order valence-electron chi connectivity index (χ0n) is 9.79. The maximum absolute atomic E-state index is 9.92. The topological polar surface area (TPSA) is 29.5 Å². The van der Waals surface area contributed by atoms with E-state index in [-0.39, 0.29) is 0 Å². The van der Waals surface area contributed by atoms with Gasteiger partial charge in [0.15, 0.2) is 0 Å². The number of halogens is 1. The summed E-state index contributed by atoms with van der Waals surface area (Å²) >= 11 is 3.65. The van der Waals surface area contributed by atoms with Crippen LogP contribution in [0.2, 0.25) is 0 Å². The summed E-state index contributed by atoms with van der Waals surface area (Å²) < 4.78 is 6.59. The lowest BCUT2D eigenvalue weighted by Gasteiger charge is -2.13. The molecule has 3 heteroatoms. The summed E-state index contributed by atoms with van der Waals surface area (Å²) in [5.74, 6) is 0.530. The molecule has 1 aliphatic carbocycles. The maximum Gasteiger partial charge on any atom is 0.0690 e. The van der Waals surface area contributed by atoms with E-state index in [1.54, 1.807) is 0 Å². The molecule has 1 saturated carbocycles. The molecule has 1 heterocycles. The lowest BCUT2D eigenvalue weighted by molar-refractivity contribution is 0.151. The predicted molar refractivity (Wildman–Crippen MR) is 70.2 cm³/mol. The highest BCUT2D eigenvalue weighted by molar-refractivity contribution is 9.10. The van der Waals surface area contributed by atoms with Gasteiger partial charge in [-0.3, -0.25) is 0 Å². The summed E-state index contributed by atoms with van der Waals surface area (Å²) in [4.78, 5) is 0. The van der Waals surface area contributed by atoms with Gasteiger partial charge in [-0.05, 0) is 36.5 Å². The third-order valence-corrected chi connectivity index (χ3v) is 4.48. The van der Waals surface area contributed by atoms with E-state index >= 15 is 0 Å². The highest BCUT2D eigenvalue weighted by Crippen LogP contribution is 2.39. The van der Waals surface area contributed by atoms with Crippen LogP contribution in [0.25, 0.3) is 0 Å². The van der Waals surface area contributed by atoms with E-state index in [1.165, 1.54) is 11.1 Å². The van der Waals surface area contributed by atoms with Crippen LogP contribution in [-0.2, 0) is 11.2 Å². The fraction of sp³-hybridized carbons (Fsp3) is 0.571. The summed E-state index contributed by atoms with van der Waals surface area (Å²) in [5, 5.41) is 9.92. The first-order valence-corrected chi connectivity index (χ1v) is 7.04. The normalized spacial score (nSPS) is 26.1. The van der Waals surface area contributed by atoms with Crippen LogP contribution in [0.15, 0.2) is 22.7 Å². The van der Waals surface area contributed by atoms with Crippen molar-refractivity contribution in [2.24, 2.45) is 0 Å². The standard InChI is InChI=1S/C14H17BrO2/c15-13-7-10(8-14(16)4-5-14)1-2-12(13)11-3-6-17-9-11/h1-2,7,11,16H,3-6,8-9H2. The van der Waals surface area contributed by atoms with Crippen molar-refractivity contribution in [3.05, 3.63) is 33.8 Å². The van der Waals surface area contributed by atoms with Gasteiger partial charge in [-0.1, -0.05) is 28.1 Å². The molecular weight excluding hydrogens is 280 g/mol. The van der Waals surface area contributed by atoms with Crippen LogP contribution in [0.4, 0.5) is 0 Å². The van der Waals surface area contributed by atoms with Gasteiger partial charge in [-0.25, -0.2) is 0 Å². The van der Waals surface area contributed by atoms with Crippen LogP contribution < -0.4 is 0 Å². The van der Waals surface area contributed by atoms with E-state index < -0.39 is 5.60 Å². The second kappa shape index (κ2) is 4.38. The minimum Gasteiger partial charge on any atom is -0.390 e. The molecule has 1 aromatic carbocycles. The van der Waals surface area contributed by atoms with Crippen LogP contribution >= 0.6 is 15.9 Å². The molecule has 0 amide bonds. The molecule has 0 aromatic heterocycles. The van der Waals surface area contributed by atoms with Crippen molar-refractivity contribution < 1.29 is 9.84 Å². The molecule has 0 bridgehead atoms. The molecule has 1 unspecified atom stereocenters. The minimum atomic E-state index is -0.405. The van der Waals surface area contributed by atoms with Crippen LogP contribution in [0.5, 0.6) is 0 Å². The Morgan fingerprint density at radius 2 is 2.24 bits per heavy atom. The third kappa shape index (κ3) is 2.56. The van der Waals surface area contributed by atoms with Crippen LogP contribution in [-0.4, -0.2) is 23.9 Å². The molecule has 1 saturated heterocycles. The van der Waals surface area contributed by atoms with Crippen molar-refractivity contribution in [1.29, 1.82) is 0 Å². The molecule has 0 radical (unpaired) electrons. The number of aliphatic hydroxyl groups is 1. The van der Waals surface area contributed by atoms with Gasteiger partial charge in [0.1, 0.15) is 0 Å². The van der Waals surface area contributed by atoms with Gasteiger partial charge in [0.05, 0.1) is 12.2 Å². The molecule has 17 heavy (non-hydrogen) atoms. The van der Waals surface area contributed by atoms with E-state index in [0.717, 1.165) is 43.4 Å². The molecule has 1 aromatic rings. The molecule has 2 fully saturated rings. The molecule has 0 spiro atoms. The Bertz CT molecular complexity index is 420. The van der Waals surface area contributed by atoms with Gasteiger partial charge >= 0.3 is 0 Å². The van der Waals surface area contributed by atoms with Gasteiger partial charge in [0.2, 0.25) is 0 Å². The zero-order valence-corrected chi connectivity index (χ0v) is 11.4. The summed E-state index contributed by atoms with van der Waals surface area (Å²) in [6, 6.07) is 6.49. The van der Waals surface area contributed by atoms with Crippen molar-refractivity contribution >= 4 is 15.9 Å². The fourth-order valence-corrected chi connectivity index (χ4v) is 3.24. The first-order valence-electron chi connectivity index (χ1n) is 6.25. The lowest BCUT2D eigenvalue weighted by Crippen LogP contribution is -2.11. The van der Waals surface area contributed by atoms with Gasteiger partial charge < -0.3 is 9.84 Å². The Hall–Kier alpha value is -0.380. The lowest BCUT2D eigenvalue weighted by atomic mass is 9.96. The fourth-order valence-electron chi connectivity index (χ4n) is 2.49. The van der Waals surface area contributed by atoms with Gasteiger partial charge in [0, 0.05) is 23.4 Å². The Labute approximate surface area is 110 Å². The number of hydrogen-bond acceptors (Lipinski definition) is 2. The summed E-state index contributed by atoms with van der Waals surface area (Å²) in [6.07, 6.45) is 3.79. The molecule has 2 aliphatic rings. The SMILES string of the molecule is OC1(Cc2ccc(C3CCOC3)c(Br)c2)CC1. The number of hydrogen-bond donors (Lipinski definition) is 1. The highest BCUT2D eigenvalue weighted by atomic mass is 79.9. The molecule has 1 aliphatic heterocycles. The van der Waals surface area contributed by atoms with E-state index in [9.17, 15) is 5.11 Å². The monoisotopic (exact) mass is 296 g/mol. The molecule has 3 rings (SSSR count). The highest BCUT2D eigenvalue weighted by Gasteiger charge is 2.40. The Balaban J connectivity index is 1.78. The average molecular weight is 297 g/mol. The van der Waals surface area contributed by atoms with Crippen LogP contribution in [0, 0.1) is 0 Å². The first kappa shape index (κ1) is 11.7. The van der Waals surface area contributed by atoms with Crippen LogP contribution in [0.1, 0.15) is 36.3 Å². The zero-order chi connectivity index (χ0) is 11.9. The summed E-state index contributed by atoms with van der Waals surface area (Å²) in [6.45, 7) is 1.71. The second-order valence-electron chi connectivity index (χ2n) is 5.32. The smallest absolute Gasteiger partial charge is 0.0690 e. The quantitative estimate of drug-likeness (QED) is 0.929. The number of ether oxygens (including phenoxy) is 1. The van der Waals surface area contributed by atoms with Gasteiger partial charge in [0.25, 0.3) is 0 Å². The van der Waals surface area contributed by atoms with E-state index in [2.05, 4.69) is 34.1 Å². The van der Waals surface area contributed by atoms with Crippen LogP contribution in [0.3, 0.4) is 0 Å². The number of benzene rings is 1. The molecule has 1 atom stereocenters. The van der Waals surface area contributed by atoms with Gasteiger partial charge in [-0.15, -0.1) is 0 Å². The van der Waals surface area contributed by atoms with E-state index in [1.807, 2.05) is 0 Å². The Morgan fingerprint density at radius 3 is 2.82 bits per heavy atom. The van der Waals surface area contributed by atoms with Crippen molar-refractivity contribution in [3.63, 3.8) is 0 Å². The molecule has 2 nitrogen and oxygen atoms in total. The van der Waals surface area contributed by atoms with Crippen molar-refractivity contribution in [1.82, 2.24) is 0 Å². The second-order valence-corrected chi connectivity index (χ2v) is 6.17. The number of rotatable bonds is 3. The Kier molecular flexibility index (Phi) is 3.01. The molecule has 1 N–H and O–H groups in total. The largest absolute Gasteiger partial charge is 0.390 e. The first-order chi connectivity index (χ1) is 8.16. The van der Waals surface area contributed by atoms with Crippen molar-refractivity contribution in [2.75, 3.05) is 13.2 Å². The predicted octanol–water partition coefficient (Wildman–Crippen LogP) is 3.02. The van der Waals surface area contributed by atoms with Gasteiger partial charge in [-0.2, -0.15) is 0 Å².